The summed E-state index contributed by atoms with van der Waals surface area (Å²) >= 11 is 0. The minimum atomic E-state index is -0.0764. The van der Waals surface area contributed by atoms with Crippen molar-refractivity contribution in [3.63, 3.8) is 0 Å². The highest BCUT2D eigenvalue weighted by Gasteiger charge is 2.01. The van der Waals surface area contributed by atoms with E-state index in [0.717, 1.165) is 5.56 Å². The molecule has 0 aliphatic heterocycles. The van der Waals surface area contributed by atoms with Crippen molar-refractivity contribution in [2.45, 2.75) is 13.2 Å². The Morgan fingerprint density at radius 3 is 2.25 bits per heavy atom. The van der Waals surface area contributed by atoms with Gasteiger partial charge in [0.2, 0.25) is 0 Å². The highest BCUT2D eigenvalue weighted by molar-refractivity contribution is 5.63. The molecule has 0 aliphatic rings. The van der Waals surface area contributed by atoms with E-state index in [9.17, 15) is 0 Å². The standard InChI is InChI=1S/C16H15N3O/c20-12-16-11-19(18-17-16)10-13-6-8-15(9-7-13)14-4-2-1-3-5-14/h1-9,11,20H,10,12H2. The Morgan fingerprint density at radius 2 is 1.60 bits per heavy atom. The molecule has 3 aromatic rings. The summed E-state index contributed by atoms with van der Waals surface area (Å²) in [4.78, 5) is 0. The van der Waals surface area contributed by atoms with Gasteiger partial charge < -0.3 is 5.11 Å². The largest absolute Gasteiger partial charge is 0.390 e. The lowest BCUT2D eigenvalue weighted by Gasteiger charge is -2.04. The molecule has 2 aromatic carbocycles. The van der Waals surface area contributed by atoms with Crippen LogP contribution in [0.1, 0.15) is 11.3 Å². The Bertz CT molecular complexity index is 674. The van der Waals surface area contributed by atoms with Gasteiger partial charge in [0.05, 0.1) is 19.3 Å². The Labute approximate surface area is 117 Å². The molecular weight excluding hydrogens is 250 g/mol. The third-order valence-electron chi connectivity index (χ3n) is 3.15. The van der Waals surface area contributed by atoms with Gasteiger partial charge in [0, 0.05) is 0 Å². The average molecular weight is 265 g/mol. The monoisotopic (exact) mass is 265 g/mol. The van der Waals surface area contributed by atoms with Crippen LogP contribution in [0.4, 0.5) is 0 Å². The molecule has 0 unspecified atom stereocenters. The van der Waals surface area contributed by atoms with Crippen molar-refractivity contribution in [1.29, 1.82) is 0 Å². The second kappa shape index (κ2) is 5.67. The lowest BCUT2D eigenvalue weighted by Crippen LogP contribution is -2.00. The third kappa shape index (κ3) is 2.75. The lowest BCUT2D eigenvalue weighted by atomic mass is 10.0. The van der Waals surface area contributed by atoms with Crippen molar-refractivity contribution in [2.24, 2.45) is 0 Å². The molecule has 4 nitrogen and oxygen atoms in total. The second-order valence-corrected chi connectivity index (χ2v) is 4.63. The lowest BCUT2D eigenvalue weighted by molar-refractivity contribution is 0.276. The molecule has 0 spiro atoms. The molecule has 100 valence electrons. The van der Waals surface area contributed by atoms with E-state index in [1.807, 2.05) is 18.2 Å². The number of hydrogen-bond acceptors (Lipinski definition) is 3. The topological polar surface area (TPSA) is 50.9 Å². The molecule has 20 heavy (non-hydrogen) atoms. The van der Waals surface area contributed by atoms with Crippen molar-refractivity contribution >= 4 is 0 Å². The van der Waals surface area contributed by atoms with Crippen LogP contribution in [0.25, 0.3) is 11.1 Å². The summed E-state index contributed by atoms with van der Waals surface area (Å²) in [6.07, 6.45) is 1.76. The van der Waals surface area contributed by atoms with Gasteiger partial charge in [-0.2, -0.15) is 0 Å². The van der Waals surface area contributed by atoms with Gasteiger partial charge in [-0.15, -0.1) is 5.10 Å². The first-order chi connectivity index (χ1) is 9.85. The zero-order valence-electron chi connectivity index (χ0n) is 11.0. The van der Waals surface area contributed by atoms with Gasteiger partial charge in [-0.25, -0.2) is 4.68 Å². The van der Waals surface area contributed by atoms with Crippen molar-refractivity contribution in [2.75, 3.05) is 0 Å². The Kier molecular flexibility index (Phi) is 3.56. The van der Waals surface area contributed by atoms with Gasteiger partial charge in [0.25, 0.3) is 0 Å². The van der Waals surface area contributed by atoms with E-state index in [0.29, 0.717) is 12.2 Å². The summed E-state index contributed by atoms with van der Waals surface area (Å²) in [5.41, 5.74) is 4.15. The van der Waals surface area contributed by atoms with Crippen LogP contribution in [0.5, 0.6) is 0 Å². The Hall–Kier alpha value is -2.46. The molecule has 3 rings (SSSR count). The number of rotatable bonds is 4. The van der Waals surface area contributed by atoms with Gasteiger partial charge in [-0.1, -0.05) is 59.8 Å². The Balaban J connectivity index is 1.76. The third-order valence-corrected chi connectivity index (χ3v) is 3.15. The van der Waals surface area contributed by atoms with Crippen LogP contribution in [0.2, 0.25) is 0 Å². The number of benzene rings is 2. The van der Waals surface area contributed by atoms with Gasteiger partial charge in [0.15, 0.2) is 0 Å². The van der Waals surface area contributed by atoms with Crippen LogP contribution >= 0.6 is 0 Å². The quantitative estimate of drug-likeness (QED) is 0.788. The molecule has 0 radical (unpaired) electrons. The second-order valence-electron chi connectivity index (χ2n) is 4.63. The van der Waals surface area contributed by atoms with E-state index >= 15 is 0 Å². The molecule has 0 atom stereocenters. The molecule has 0 fully saturated rings. The molecular formula is C16H15N3O. The summed E-state index contributed by atoms with van der Waals surface area (Å²) in [5, 5.41) is 16.8. The molecule has 1 N–H and O–H groups in total. The van der Waals surface area contributed by atoms with Gasteiger partial charge in [0.1, 0.15) is 5.69 Å². The number of aliphatic hydroxyl groups excluding tert-OH is 1. The van der Waals surface area contributed by atoms with Crippen LogP contribution in [0.3, 0.4) is 0 Å². The van der Waals surface area contributed by atoms with E-state index in [4.69, 9.17) is 5.11 Å². The fourth-order valence-corrected chi connectivity index (χ4v) is 2.11. The van der Waals surface area contributed by atoms with Gasteiger partial charge in [-0.3, -0.25) is 0 Å². The van der Waals surface area contributed by atoms with Crippen LogP contribution in [-0.2, 0) is 13.2 Å². The molecule has 1 heterocycles. The summed E-state index contributed by atoms with van der Waals surface area (Å²) in [5.74, 6) is 0. The van der Waals surface area contributed by atoms with E-state index in [1.165, 1.54) is 11.1 Å². The van der Waals surface area contributed by atoms with Gasteiger partial charge >= 0.3 is 0 Å². The molecule has 0 saturated heterocycles. The maximum Gasteiger partial charge on any atom is 0.108 e. The number of aliphatic hydroxyl groups is 1. The molecule has 0 aliphatic carbocycles. The summed E-state index contributed by atoms with van der Waals surface area (Å²) in [7, 11) is 0. The molecule has 0 amide bonds. The van der Waals surface area contributed by atoms with Crippen molar-refractivity contribution < 1.29 is 5.11 Å². The molecule has 4 heteroatoms. The number of aromatic nitrogens is 3. The summed E-state index contributed by atoms with van der Waals surface area (Å²) in [6, 6.07) is 18.7. The molecule has 0 saturated carbocycles. The maximum atomic E-state index is 8.96. The van der Waals surface area contributed by atoms with Crippen molar-refractivity contribution in [3.05, 3.63) is 72.1 Å². The zero-order chi connectivity index (χ0) is 13.8. The van der Waals surface area contributed by atoms with Crippen LogP contribution < -0.4 is 0 Å². The van der Waals surface area contributed by atoms with E-state index in [2.05, 4.69) is 46.7 Å². The van der Waals surface area contributed by atoms with Crippen LogP contribution in [-0.4, -0.2) is 20.1 Å². The zero-order valence-corrected chi connectivity index (χ0v) is 11.0. The predicted molar refractivity (Wildman–Crippen MR) is 76.9 cm³/mol. The van der Waals surface area contributed by atoms with Crippen LogP contribution in [0.15, 0.2) is 60.8 Å². The fraction of sp³-hybridized carbons (Fsp3) is 0.125. The summed E-state index contributed by atoms with van der Waals surface area (Å²) in [6.45, 7) is 0.578. The summed E-state index contributed by atoms with van der Waals surface area (Å²) < 4.78 is 1.73. The van der Waals surface area contributed by atoms with E-state index in [-0.39, 0.29) is 6.61 Å². The first kappa shape index (κ1) is 12.6. The Morgan fingerprint density at radius 1 is 0.900 bits per heavy atom. The smallest absolute Gasteiger partial charge is 0.108 e. The normalized spacial score (nSPS) is 10.7. The minimum absolute atomic E-state index is 0.0764. The average Bonchev–Trinajstić information content (AvgIpc) is 2.97. The first-order valence-corrected chi connectivity index (χ1v) is 6.49. The van der Waals surface area contributed by atoms with E-state index < -0.39 is 0 Å². The van der Waals surface area contributed by atoms with Crippen molar-refractivity contribution in [3.8, 4) is 11.1 Å². The first-order valence-electron chi connectivity index (χ1n) is 6.49. The highest BCUT2D eigenvalue weighted by atomic mass is 16.3. The minimum Gasteiger partial charge on any atom is -0.390 e. The molecule has 0 bridgehead atoms. The molecule has 1 aromatic heterocycles. The van der Waals surface area contributed by atoms with E-state index in [1.54, 1.807) is 10.9 Å². The van der Waals surface area contributed by atoms with Gasteiger partial charge in [-0.05, 0) is 16.7 Å². The highest BCUT2D eigenvalue weighted by Crippen LogP contribution is 2.19. The predicted octanol–water partition coefficient (Wildman–Crippen LogP) is 2.49. The number of hydrogen-bond donors (Lipinski definition) is 1. The van der Waals surface area contributed by atoms with Crippen LogP contribution in [0, 0.1) is 0 Å². The maximum absolute atomic E-state index is 8.96. The SMILES string of the molecule is OCc1cn(Cc2ccc(-c3ccccc3)cc2)nn1. The van der Waals surface area contributed by atoms with Crippen molar-refractivity contribution in [1.82, 2.24) is 15.0 Å². The fourth-order valence-electron chi connectivity index (χ4n) is 2.11. The number of nitrogens with zero attached hydrogens (tertiary/aromatic N) is 3.